The second kappa shape index (κ2) is 8.15. The third-order valence-corrected chi connectivity index (χ3v) is 4.32. The number of esters is 1. The number of carbonyl (C=O) groups excluding carboxylic acids is 1. The molecule has 8 nitrogen and oxygen atoms in total. The lowest BCUT2D eigenvalue weighted by Crippen LogP contribution is -2.07. The Bertz CT molecular complexity index is 1150. The zero-order valence-corrected chi connectivity index (χ0v) is 15.9. The Balaban J connectivity index is 1.52. The molecule has 148 valence electrons. The molecular formula is C21H18N2O6. The summed E-state index contributed by atoms with van der Waals surface area (Å²) in [5.41, 5.74) is 1.90. The summed E-state index contributed by atoms with van der Waals surface area (Å²) in [5.74, 6) is 0.576. The molecule has 4 aromatic rings. The average Bonchev–Trinajstić information content (AvgIpc) is 3.37. The van der Waals surface area contributed by atoms with Gasteiger partial charge in [-0.15, -0.1) is 0 Å². The van der Waals surface area contributed by atoms with Crippen LogP contribution in [0.2, 0.25) is 0 Å². The van der Waals surface area contributed by atoms with E-state index in [-0.39, 0.29) is 24.9 Å². The van der Waals surface area contributed by atoms with Crippen molar-refractivity contribution in [3.8, 4) is 17.1 Å². The maximum absolute atomic E-state index is 12.6. The maximum atomic E-state index is 12.6. The van der Waals surface area contributed by atoms with Crippen molar-refractivity contribution in [1.82, 2.24) is 10.1 Å². The second-order valence-electron chi connectivity index (χ2n) is 6.13. The lowest BCUT2D eigenvalue weighted by Gasteiger charge is -2.03. The highest BCUT2D eigenvalue weighted by Gasteiger charge is 2.23. The average molecular weight is 394 g/mol. The fraction of sp³-hybridized carbons (Fsp3) is 0.190. The molecule has 4 rings (SSSR count). The molecule has 0 amide bonds. The molecule has 0 fully saturated rings. The number of nitrogens with zero attached hydrogens (tertiary/aromatic N) is 2. The Morgan fingerprint density at radius 1 is 1.03 bits per heavy atom. The van der Waals surface area contributed by atoms with Gasteiger partial charge in [0.15, 0.2) is 6.61 Å². The van der Waals surface area contributed by atoms with Gasteiger partial charge in [0.2, 0.25) is 11.6 Å². The number of methoxy groups -OCH3 is 2. The summed E-state index contributed by atoms with van der Waals surface area (Å²) in [6.07, 6.45) is 0. The molecular weight excluding hydrogens is 376 g/mol. The number of carbonyl (C=O) groups is 1. The van der Waals surface area contributed by atoms with E-state index in [1.54, 1.807) is 26.4 Å². The Morgan fingerprint density at radius 2 is 1.83 bits per heavy atom. The molecule has 0 aliphatic rings. The summed E-state index contributed by atoms with van der Waals surface area (Å²) in [7, 11) is 3.11. The Labute approximate surface area is 166 Å². The van der Waals surface area contributed by atoms with Gasteiger partial charge in [0, 0.05) is 18.1 Å². The van der Waals surface area contributed by atoms with Crippen LogP contribution in [0.25, 0.3) is 22.4 Å². The predicted octanol–water partition coefficient (Wildman–Crippen LogP) is 3.99. The van der Waals surface area contributed by atoms with Crippen LogP contribution in [-0.2, 0) is 22.7 Å². The van der Waals surface area contributed by atoms with E-state index in [1.807, 2.05) is 36.4 Å². The molecule has 0 spiro atoms. The molecule has 0 atom stereocenters. The highest BCUT2D eigenvalue weighted by atomic mass is 16.6. The molecule has 2 heterocycles. The largest absolute Gasteiger partial charge is 0.496 e. The summed E-state index contributed by atoms with van der Waals surface area (Å²) in [6, 6.07) is 14.6. The molecule has 0 N–H and O–H groups in total. The molecule has 0 unspecified atom stereocenters. The van der Waals surface area contributed by atoms with E-state index in [1.165, 1.54) is 0 Å². The number of benzene rings is 2. The minimum absolute atomic E-state index is 0.0949. The lowest BCUT2D eigenvalue weighted by atomic mass is 10.1. The molecule has 29 heavy (non-hydrogen) atoms. The van der Waals surface area contributed by atoms with Crippen LogP contribution in [0.3, 0.4) is 0 Å². The normalized spacial score (nSPS) is 11.0. The number of hydrogen-bond acceptors (Lipinski definition) is 8. The monoisotopic (exact) mass is 394 g/mol. The van der Waals surface area contributed by atoms with Gasteiger partial charge >= 0.3 is 5.97 Å². The summed E-state index contributed by atoms with van der Waals surface area (Å²) in [6.45, 7) is 0.0321. The van der Waals surface area contributed by atoms with Crippen LogP contribution < -0.4 is 4.74 Å². The smallest absolute Gasteiger partial charge is 0.375 e. The van der Waals surface area contributed by atoms with Crippen LogP contribution in [0, 0.1) is 0 Å². The quantitative estimate of drug-likeness (QED) is 0.434. The van der Waals surface area contributed by atoms with E-state index >= 15 is 0 Å². The van der Waals surface area contributed by atoms with Crippen LogP contribution in [-0.4, -0.2) is 30.3 Å². The van der Waals surface area contributed by atoms with Crippen molar-refractivity contribution in [3.05, 3.63) is 65.7 Å². The predicted molar refractivity (Wildman–Crippen MR) is 102 cm³/mol. The van der Waals surface area contributed by atoms with Crippen molar-refractivity contribution < 1.29 is 27.9 Å². The van der Waals surface area contributed by atoms with E-state index in [2.05, 4.69) is 10.1 Å². The van der Waals surface area contributed by atoms with Gasteiger partial charge in [-0.3, -0.25) is 0 Å². The van der Waals surface area contributed by atoms with Gasteiger partial charge in [0.1, 0.15) is 11.3 Å². The van der Waals surface area contributed by atoms with Gasteiger partial charge in [-0.25, -0.2) is 4.79 Å². The van der Waals surface area contributed by atoms with Crippen molar-refractivity contribution in [2.75, 3.05) is 14.2 Å². The molecule has 2 aromatic heterocycles. The fourth-order valence-corrected chi connectivity index (χ4v) is 3.00. The zero-order chi connectivity index (χ0) is 20.2. The molecule has 0 saturated carbocycles. The third-order valence-electron chi connectivity index (χ3n) is 4.32. The van der Waals surface area contributed by atoms with Crippen molar-refractivity contribution in [2.24, 2.45) is 0 Å². The Hall–Kier alpha value is -3.65. The van der Waals surface area contributed by atoms with Gasteiger partial charge in [-0.2, -0.15) is 4.98 Å². The number of furan rings is 1. The van der Waals surface area contributed by atoms with Crippen LogP contribution in [0.5, 0.6) is 5.75 Å². The molecule has 0 saturated heterocycles. The minimum Gasteiger partial charge on any atom is -0.496 e. The molecule has 0 radical (unpaired) electrons. The van der Waals surface area contributed by atoms with Crippen LogP contribution in [0.4, 0.5) is 0 Å². The van der Waals surface area contributed by atoms with E-state index in [0.717, 1.165) is 5.39 Å². The van der Waals surface area contributed by atoms with Gasteiger partial charge in [-0.1, -0.05) is 35.5 Å². The number of fused-ring (bicyclic) bond motifs is 1. The number of rotatable bonds is 7. The first-order valence-corrected chi connectivity index (χ1v) is 8.83. The number of para-hydroxylation sites is 2. The summed E-state index contributed by atoms with van der Waals surface area (Å²) < 4.78 is 26.7. The van der Waals surface area contributed by atoms with Crippen LogP contribution in [0.1, 0.15) is 22.0 Å². The van der Waals surface area contributed by atoms with Crippen molar-refractivity contribution >= 4 is 16.9 Å². The first-order valence-electron chi connectivity index (χ1n) is 8.83. The highest BCUT2D eigenvalue weighted by Crippen LogP contribution is 2.28. The van der Waals surface area contributed by atoms with E-state index in [4.69, 9.17) is 23.2 Å². The Morgan fingerprint density at radius 3 is 2.66 bits per heavy atom. The topological polar surface area (TPSA) is 96.8 Å². The Kier molecular flexibility index (Phi) is 5.26. The van der Waals surface area contributed by atoms with Gasteiger partial charge in [-0.05, 0) is 18.2 Å². The standard InChI is InChI=1S/C21H18N2O6/c1-25-11-15-13-7-3-6-10-17(13)28-19(15)21(24)27-12-18-22-20(23-29-18)14-8-4-5-9-16(14)26-2/h3-10H,11-12H2,1-2H3. The summed E-state index contributed by atoms with van der Waals surface area (Å²) >= 11 is 0. The van der Waals surface area contributed by atoms with Crippen LogP contribution in [0.15, 0.2) is 57.5 Å². The molecule has 0 aliphatic carbocycles. The number of hydrogen-bond donors (Lipinski definition) is 0. The zero-order valence-electron chi connectivity index (χ0n) is 15.9. The van der Waals surface area contributed by atoms with Crippen LogP contribution >= 0.6 is 0 Å². The number of ether oxygens (including phenoxy) is 3. The first kappa shape index (κ1) is 18.7. The SMILES string of the molecule is COCc1c(C(=O)OCc2nc(-c3ccccc3OC)no2)oc2ccccc12. The van der Waals surface area contributed by atoms with Gasteiger partial charge < -0.3 is 23.2 Å². The van der Waals surface area contributed by atoms with E-state index < -0.39 is 5.97 Å². The second-order valence-corrected chi connectivity index (χ2v) is 6.13. The number of aromatic nitrogens is 2. The summed E-state index contributed by atoms with van der Waals surface area (Å²) in [5, 5.41) is 4.73. The van der Waals surface area contributed by atoms with E-state index in [9.17, 15) is 4.79 Å². The summed E-state index contributed by atoms with van der Waals surface area (Å²) in [4.78, 5) is 16.8. The maximum Gasteiger partial charge on any atom is 0.375 e. The first-order chi connectivity index (χ1) is 14.2. The highest BCUT2D eigenvalue weighted by molar-refractivity contribution is 5.96. The third kappa shape index (κ3) is 3.70. The molecule has 2 aromatic carbocycles. The fourth-order valence-electron chi connectivity index (χ4n) is 3.00. The molecule has 0 bridgehead atoms. The van der Waals surface area contributed by atoms with E-state index in [0.29, 0.717) is 28.3 Å². The van der Waals surface area contributed by atoms with Gasteiger partial charge in [0.05, 0.1) is 19.3 Å². The van der Waals surface area contributed by atoms with Crippen molar-refractivity contribution in [1.29, 1.82) is 0 Å². The molecule has 0 aliphatic heterocycles. The minimum atomic E-state index is -0.634. The molecule has 8 heteroatoms. The van der Waals surface area contributed by atoms with Crippen molar-refractivity contribution in [2.45, 2.75) is 13.2 Å². The lowest BCUT2D eigenvalue weighted by molar-refractivity contribution is 0.0390. The van der Waals surface area contributed by atoms with Gasteiger partial charge in [0.25, 0.3) is 5.89 Å². The van der Waals surface area contributed by atoms with Crippen molar-refractivity contribution in [3.63, 3.8) is 0 Å².